The Morgan fingerprint density at radius 1 is 1.43 bits per heavy atom. The fourth-order valence-corrected chi connectivity index (χ4v) is 3.71. The van der Waals surface area contributed by atoms with Gasteiger partial charge in [0, 0.05) is 19.2 Å². The van der Waals surface area contributed by atoms with Gasteiger partial charge in [-0.3, -0.25) is 14.8 Å². The summed E-state index contributed by atoms with van der Waals surface area (Å²) in [5.74, 6) is 0.172. The van der Waals surface area contributed by atoms with Gasteiger partial charge in [-0.25, -0.2) is 8.42 Å². The van der Waals surface area contributed by atoms with Gasteiger partial charge in [0.1, 0.15) is 0 Å². The number of anilines is 1. The third-order valence-electron chi connectivity index (χ3n) is 3.56. The van der Waals surface area contributed by atoms with E-state index in [2.05, 4.69) is 4.72 Å². The number of rotatable bonds is 9. The Hall–Kier alpha value is -1.87. The van der Waals surface area contributed by atoms with Crippen LogP contribution in [0.5, 0.6) is 5.75 Å². The Morgan fingerprint density at radius 2 is 2.13 bits per heavy atom. The highest BCUT2D eigenvalue weighted by molar-refractivity contribution is 7.92. The van der Waals surface area contributed by atoms with Crippen molar-refractivity contribution < 1.29 is 22.8 Å². The molecule has 2 rings (SSSR count). The molecule has 1 aliphatic carbocycles. The maximum atomic E-state index is 12.2. The van der Waals surface area contributed by atoms with Crippen molar-refractivity contribution in [3.8, 4) is 5.75 Å². The number of sulfonamides is 1. The summed E-state index contributed by atoms with van der Waals surface area (Å²) in [6.07, 6.45) is 1.61. The highest BCUT2D eigenvalue weighted by Gasteiger charge is 2.34. The number of hydrogen-bond donors (Lipinski definition) is 1. The average molecular weight is 344 g/mol. The molecule has 1 aliphatic rings. The molecule has 0 bridgehead atoms. The summed E-state index contributed by atoms with van der Waals surface area (Å²) < 4.78 is 37.3. The van der Waals surface area contributed by atoms with Crippen LogP contribution in [-0.2, 0) is 14.8 Å². The largest absolute Gasteiger partial charge is 0.487 e. The number of nitrogens with one attached hydrogen (secondary N) is 1. The number of nitro groups is 1. The summed E-state index contributed by atoms with van der Waals surface area (Å²) in [4.78, 5) is 10.4. The smallest absolute Gasteiger partial charge is 0.311 e. The van der Waals surface area contributed by atoms with Gasteiger partial charge in [-0.05, 0) is 31.7 Å². The molecule has 0 heterocycles. The molecule has 1 atom stereocenters. The van der Waals surface area contributed by atoms with Crippen LogP contribution >= 0.6 is 0 Å². The first kappa shape index (κ1) is 17.5. The third kappa shape index (κ3) is 4.80. The molecule has 0 amide bonds. The maximum Gasteiger partial charge on any atom is 0.311 e. The second kappa shape index (κ2) is 7.14. The predicted octanol–water partition coefficient (Wildman–Crippen LogP) is 2.16. The molecule has 128 valence electrons. The first-order valence-electron chi connectivity index (χ1n) is 7.30. The van der Waals surface area contributed by atoms with Gasteiger partial charge in [-0.1, -0.05) is 0 Å². The molecule has 0 aliphatic heterocycles. The lowest BCUT2D eigenvalue weighted by molar-refractivity contribution is -0.385. The van der Waals surface area contributed by atoms with Crippen LogP contribution in [0.25, 0.3) is 0 Å². The molecular weight excluding hydrogens is 324 g/mol. The van der Waals surface area contributed by atoms with E-state index in [4.69, 9.17) is 9.47 Å². The first-order valence-corrected chi connectivity index (χ1v) is 8.96. The Morgan fingerprint density at radius 3 is 2.65 bits per heavy atom. The molecule has 1 unspecified atom stereocenters. The molecular formula is C14H20N2O6S. The summed E-state index contributed by atoms with van der Waals surface area (Å²) in [6, 6.07) is 3.88. The van der Waals surface area contributed by atoms with E-state index in [1.807, 2.05) is 0 Å². The van der Waals surface area contributed by atoms with Crippen molar-refractivity contribution in [3.05, 3.63) is 28.3 Å². The number of ether oxygens (including phenoxy) is 2. The van der Waals surface area contributed by atoms with E-state index in [0.29, 0.717) is 0 Å². The summed E-state index contributed by atoms with van der Waals surface area (Å²) in [6.45, 7) is 1.93. The van der Waals surface area contributed by atoms with Crippen LogP contribution in [0.2, 0.25) is 0 Å². The predicted molar refractivity (Wildman–Crippen MR) is 85.2 cm³/mol. The second-order valence-electron chi connectivity index (χ2n) is 5.37. The lowest BCUT2D eigenvalue weighted by atomic mass is 10.2. The standard InChI is InChI=1S/C14H20N2O6S/c1-3-22-13-8-11(6-7-12(13)16(17)18)15-23(19,20)9-14(21-2)10-4-5-10/h6-8,10,14-15H,3-5,9H2,1-2H3. The van der Waals surface area contributed by atoms with Crippen molar-refractivity contribution >= 4 is 21.4 Å². The summed E-state index contributed by atoms with van der Waals surface area (Å²) in [5.41, 5.74) is 0.0206. The fraction of sp³-hybridized carbons (Fsp3) is 0.571. The number of methoxy groups -OCH3 is 1. The van der Waals surface area contributed by atoms with E-state index >= 15 is 0 Å². The minimum Gasteiger partial charge on any atom is -0.487 e. The highest BCUT2D eigenvalue weighted by Crippen LogP contribution is 2.35. The van der Waals surface area contributed by atoms with Crippen molar-refractivity contribution in [2.24, 2.45) is 5.92 Å². The van der Waals surface area contributed by atoms with Gasteiger partial charge in [0.15, 0.2) is 5.75 Å². The molecule has 1 aromatic carbocycles. The number of hydrogen-bond acceptors (Lipinski definition) is 6. The molecule has 1 N–H and O–H groups in total. The van der Waals surface area contributed by atoms with E-state index in [1.54, 1.807) is 6.92 Å². The van der Waals surface area contributed by atoms with Gasteiger partial charge in [-0.15, -0.1) is 0 Å². The van der Waals surface area contributed by atoms with Gasteiger partial charge < -0.3 is 9.47 Å². The summed E-state index contributed by atoms with van der Waals surface area (Å²) in [7, 11) is -2.12. The number of nitrogens with zero attached hydrogens (tertiary/aromatic N) is 1. The van der Waals surface area contributed by atoms with Crippen LogP contribution in [0.15, 0.2) is 18.2 Å². The molecule has 0 saturated heterocycles. The van der Waals surface area contributed by atoms with Gasteiger partial charge in [0.05, 0.1) is 29.1 Å². The van der Waals surface area contributed by atoms with Crippen molar-refractivity contribution in [1.29, 1.82) is 0 Å². The first-order chi connectivity index (χ1) is 10.9. The lowest BCUT2D eigenvalue weighted by Crippen LogP contribution is -2.29. The zero-order valence-electron chi connectivity index (χ0n) is 13.0. The zero-order valence-corrected chi connectivity index (χ0v) is 13.8. The lowest BCUT2D eigenvalue weighted by Gasteiger charge is -2.16. The molecule has 23 heavy (non-hydrogen) atoms. The van der Waals surface area contributed by atoms with E-state index in [9.17, 15) is 18.5 Å². The van der Waals surface area contributed by atoms with E-state index in [1.165, 1.54) is 25.3 Å². The molecule has 1 fully saturated rings. The number of benzene rings is 1. The summed E-state index contributed by atoms with van der Waals surface area (Å²) >= 11 is 0. The van der Waals surface area contributed by atoms with Gasteiger partial charge >= 0.3 is 5.69 Å². The molecule has 0 spiro atoms. The van der Waals surface area contributed by atoms with E-state index < -0.39 is 14.9 Å². The average Bonchev–Trinajstić information content (AvgIpc) is 3.29. The van der Waals surface area contributed by atoms with E-state index in [0.717, 1.165) is 12.8 Å². The minimum absolute atomic E-state index is 0.0307. The third-order valence-corrected chi connectivity index (χ3v) is 4.88. The molecule has 9 heteroatoms. The van der Waals surface area contributed by atoms with Crippen molar-refractivity contribution in [1.82, 2.24) is 0 Å². The Bertz CT molecular complexity index is 672. The van der Waals surface area contributed by atoms with Crippen LogP contribution in [0, 0.1) is 16.0 Å². The highest BCUT2D eigenvalue weighted by atomic mass is 32.2. The molecule has 1 saturated carbocycles. The monoisotopic (exact) mass is 344 g/mol. The number of nitro benzene ring substituents is 1. The van der Waals surface area contributed by atoms with Crippen LogP contribution in [0.3, 0.4) is 0 Å². The Labute approximate surface area is 135 Å². The van der Waals surface area contributed by atoms with Crippen LogP contribution in [-0.4, -0.2) is 38.9 Å². The second-order valence-corrected chi connectivity index (χ2v) is 7.13. The van der Waals surface area contributed by atoms with Gasteiger partial charge in [-0.2, -0.15) is 0 Å². The minimum atomic E-state index is -3.62. The fourth-order valence-electron chi connectivity index (χ4n) is 2.30. The quantitative estimate of drug-likeness (QED) is 0.543. The van der Waals surface area contributed by atoms with Gasteiger partial charge in [0.2, 0.25) is 10.0 Å². The van der Waals surface area contributed by atoms with Crippen molar-refractivity contribution in [3.63, 3.8) is 0 Å². The molecule has 1 aromatic rings. The molecule has 8 nitrogen and oxygen atoms in total. The van der Waals surface area contributed by atoms with Crippen molar-refractivity contribution in [2.45, 2.75) is 25.9 Å². The van der Waals surface area contributed by atoms with E-state index in [-0.39, 0.29) is 41.5 Å². The Balaban J connectivity index is 2.14. The molecule has 0 aromatic heterocycles. The summed E-state index contributed by atoms with van der Waals surface area (Å²) in [5, 5.41) is 10.9. The van der Waals surface area contributed by atoms with Gasteiger partial charge in [0.25, 0.3) is 0 Å². The van der Waals surface area contributed by atoms with Crippen LogP contribution in [0.4, 0.5) is 11.4 Å². The molecule has 0 radical (unpaired) electrons. The SMILES string of the molecule is CCOc1cc(NS(=O)(=O)CC(OC)C2CC2)ccc1[N+](=O)[O-]. The van der Waals surface area contributed by atoms with Crippen LogP contribution < -0.4 is 9.46 Å². The Kier molecular flexibility index (Phi) is 5.42. The van der Waals surface area contributed by atoms with Crippen LogP contribution in [0.1, 0.15) is 19.8 Å². The normalized spacial score (nSPS) is 15.9. The van der Waals surface area contributed by atoms with Crippen molar-refractivity contribution in [2.75, 3.05) is 24.2 Å². The zero-order chi connectivity index (χ0) is 17.0. The maximum absolute atomic E-state index is 12.2. The topological polar surface area (TPSA) is 108 Å².